The lowest BCUT2D eigenvalue weighted by molar-refractivity contribution is -0.941. The van der Waals surface area contributed by atoms with Gasteiger partial charge in [0.25, 0.3) is 0 Å². The van der Waals surface area contributed by atoms with Crippen LogP contribution in [0.1, 0.15) is 24.8 Å². The van der Waals surface area contributed by atoms with Gasteiger partial charge in [-0.2, -0.15) is 0 Å². The van der Waals surface area contributed by atoms with Crippen molar-refractivity contribution < 1.29 is 22.0 Å². The minimum Gasteiger partial charge on any atom is -1.00 e. The van der Waals surface area contributed by atoms with Gasteiger partial charge in [-0.05, 0) is 36.5 Å². The number of benzene rings is 1. The Bertz CT molecular complexity index is 371. The second-order valence-corrected chi connectivity index (χ2v) is 5.59. The van der Waals surface area contributed by atoms with Gasteiger partial charge in [0.15, 0.2) is 0 Å². The van der Waals surface area contributed by atoms with E-state index >= 15 is 0 Å². The summed E-state index contributed by atoms with van der Waals surface area (Å²) in [7, 11) is 1.73. The molecule has 0 saturated carbocycles. The van der Waals surface area contributed by atoms with Gasteiger partial charge < -0.3 is 22.0 Å². The quantitative estimate of drug-likeness (QED) is 0.690. The fourth-order valence-corrected chi connectivity index (χ4v) is 3.54. The average molecular weight is 268 g/mol. The van der Waals surface area contributed by atoms with Crippen LogP contribution in [0.3, 0.4) is 0 Å². The molecule has 3 heteroatoms. The highest BCUT2D eigenvalue weighted by Gasteiger charge is 2.36. The SMILES string of the molecule is COc1ccc(CC2CC3CC[NH+]2CC3)cc1.[Cl-]. The highest BCUT2D eigenvalue weighted by Crippen LogP contribution is 2.23. The standard InChI is InChI=1S/C15H21NO.ClH/c1-17-15-4-2-12(3-5-15)10-14-11-13-6-8-16(14)9-7-13;/h2-5,13-14H,6-11H2,1H3;1H. The number of methoxy groups -OCH3 is 1. The summed E-state index contributed by atoms with van der Waals surface area (Å²) in [4.78, 5) is 1.85. The zero-order chi connectivity index (χ0) is 11.7. The predicted molar refractivity (Wildman–Crippen MR) is 68.5 cm³/mol. The van der Waals surface area contributed by atoms with Crippen molar-refractivity contribution >= 4 is 0 Å². The first kappa shape index (κ1) is 13.7. The smallest absolute Gasteiger partial charge is 0.118 e. The molecule has 2 bridgehead atoms. The molecule has 3 aliphatic rings. The molecule has 1 atom stereocenters. The van der Waals surface area contributed by atoms with Crippen LogP contribution in [-0.4, -0.2) is 26.2 Å². The van der Waals surface area contributed by atoms with Gasteiger partial charge in [-0.25, -0.2) is 0 Å². The van der Waals surface area contributed by atoms with Gasteiger partial charge in [0.1, 0.15) is 5.75 Å². The number of rotatable bonds is 3. The molecule has 1 unspecified atom stereocenters. The van der Waals surface area contributed by atoms with Crippen LogP contribution >= 0.6 is 0 Å². The second-order valence-electron chi connectivity index (χ2n) is 5.59. The Kier molecular flexibility index (Phi) is 4.52. The van der Waals surface area contributed by atoms with Crippen molar-refractivity contribution in [2.45, 2.75) is 31.7 Å². The van der Waals surface area contributed by atoms with Crippen molar-refractivity contribution in [2.24, 2.45) is 5.92 Å². The highest BCUT2D eigenvalue weighted by atomic mass is 35.5. The highest BCUT2D eigenvalue weighted by molar-refractivity contribution is 5.27. The first-order chi connectivity index (χ1) is 8.35. The molecule has 100 valence electrons. The van der Waals surface area contributed by atoms with Crippen LogP contribution in [0, 0.1) is 5.92 Å². The van der Waals surface area contributed by atoms with E-state index in [0.717, 1.165) is 17.7 Å². The maximum atomic E-state index is 5.20. The molecule has 0 aliphatic carbocycles. The van der Waals surface area contributed by atoms with Crippen LogP contribution < -0.4 is 22.0 Å². The van der Waals surface area contributed by atoms with Crippen LogP contribution in [0.25, 0.3) is 0 Å². The van der Waals surface area contributed by atoms with E-state index < -0.39 is 0 Å². The van der Waals surface area contributed by atoms with E-state index in [-0.39, 0.29) is 12.4 Å². The minimum absolute atomic E-state index is 0. The van der Waals surface area contributed by atoms with Crippen molar-refractivity contribution in [1.82, 2.24) is 0 Å². The molecule has 4 rings (SSSR count). The van der Waals surface area contributed by atoms with Crippen molar-refractivity contribution in [3.63, 3.8) is 0 Å². The molecule has 3 fully saturated rings. The van der Waals surface area contributed by atoms with Gasteiger partial charge in [-0.3, -0.25) is 0 Å². The number of hydrogen-bond acceptors (Lipinski definition) is 1. The zero-order valence-corrected chi connectivity index (χ0v) is 11.7. The molecule has 1 aromatic carbocycles. The van der Waals surface area contributed by atoms with Crippen molar-refractivity contribution in [3.05, 3.63) is 29.8 Å². The van der Waals surface area contributed by atoms with Crippen LogP contribution in [0.2, 0.25) is 0 Å². The summed E-state index contributed by atoms with van der Waals surface area (Å²) in [6.07, 6.45) is 5.63. The van der Waals surface area contributed by atoms with Crippen LogP contribution in [0.15, 0.2) is 24.3 Å². The first-order valence-corrected chi connectivity index (χ1v) is 6.82. The lowest BCUT2D eigenvalue weighted by Gasteiger charge is -2.42. The van der Waals surface area contributed by atoms with Gasteiger partial charge in [0, 0.05) is 12.8 Å². The Morgan fingerprint density at radius 3 is 2.33 bits per heavy atom. The lowest BCUT2D eigenvalue weighted by atomic mass is 9.81. The summed E-state index contributed by atoms with van der Waals surface area (Å²) in [5, 5.41) is 0. The van der Waals surface area contributed by atoms with Crippen LogP contribution in [-0.2, 0) is 6.42 Å². The van der Waals surface area contributed by atoms with Crippen molar-refractivity contribution in [2.75, 3.05) is 20.2 Å². The van der Waals surface area contributed by atoms with Gasteiger partial charge in [0.2, 0.25) is 0 Å². The number of quaternary nitrogens is 1. The van der Waals surface area contributed by atoms with E-state index in [4.69, 9.17) is 4.74 Å². The molecule has 0 aromatic heterocycles. The average Bonchev–Trinajstić information content (AvgIpc) is 2.41. The fraction of sp³-hybridized carbons (Fsp3) is 0.600. The van der Waals surface area contributed by atoms with E-state index in [1.165, 1.54) is 44.3 Å². The molecule has 1 aromatic rings. The topological polar surface area (TPSA) is 13.7 Å². The number of fused-ring (bicyclic) bond motifs is 3. The van der Waals surface area contributed by atoms with E-state index in [1.54, 1.807) is 7.11 Å². The molecule has 3 heterocycles. The molecule has 1 N–H and O–H groups in total. The van der Waals surface area contributed by atoms with Gasteiger partial charge in [-0.15, -0.1) is 0 Å². The molecule has 0 amide bonds. The molecule has 18 heavy (non-hydrogen) atoms. The van der Waals surface area contributed by atoms with E-state index in [2.05, 4.69) is 24.3 Å². The lowest BCUT2D eigenvalue weighted by Crippen LogP contribution is -3.18. The zero-order valence-electron chi connectivity index (χ0n) is 11.0. The summed E-state index contributed by atoms with van der Waals surface area (Å²) >= 11 is 0. The normalized spacial score (nSPS) is 29.7. The van der Waals surface area contributed by atoms with Crippen molar-refractivity contribution in [3.8, 4) is 5.75 Å². The maximum absolute atomic E-state index is 5.20. The third-order valence-corrected chi connectivity index (χ3v) is 4.58. The Morgan fingerprint density at radius 2 is 1.83 bits per heavy atom. The fourth-order valence-electron chi connectivity index (χ4n) is 3.54. The summed E-state index contributed by atoms with van der Waals surface area (Å²) in [5.41, 5.74) is 1.47. The second kappa shape index (κ2) is 5.94. The maximum Gasteiger partial charge on any atom is 0.118 e. The summed E-state index contributed by atoms with van der Waals surface area (Å²) in [6, 6.07) is 9.49. The number of halogens is 1. The first-order valence-electron chi connectivity index (χ1n) is 6.82. The Hall–Kier alpha value is -0.730. The number of piperidine rings is 3. The minimum atomic E-state index is 0. The molecular formula is C15H22ClNO. The molecular weight excluding hydrogens is 246 g/mol. The third kappa shape index (κ3) is 2.81. The van der Waals surface area contributed by atoms with E-state index in [0.29, 0.717) is 0 Å². The Balaban J connectivity index is 0.00000120. The Labute approximate surface area is 116 Å². The van der Waals surface area contributed by atoms with Gasteiger partial charge >= 0.3 is 0 Å². The summed E-state index contributed by atoms with van der Waals surface area (Å²) in [6.45, 7) is 2.82. The third-order valence-electron chi connectivity index (χ3n) is 4.58. The number of nitrogens with one attached hydrogen (secondary N) is 1. The summed E-state index contributed by atoms with van der Waals surface area (Å²) < 4.78 is 5.20. The van der Waals surface area contributed by atoms with Crippen LogP contribution in [0.5, 0.6) is 5.75 Å². The van der Waals surface area contributed by atoms with E-state index in [9.17, 15) is 0 Å². The van der Waals surface area contributed by atoms with Gasteiger partial charge in [0.05, 0.1) is 26.2 Å². The van der Waals surface area contributed by atoms with Crippen molar-refractivity contribution in [1.29, 1.82) is 0 Å². The van der Waals surface area contributed by atoms with E-state index in [1.807, 2.05) is 4.90 Å². The monoisotopic (exact) mass is 267 g/mol. The molecule has 3 saturated heterocycles. The van der Waals surface area contributed by atoms with Crippen LogP contribution in [0.4, 0.5) is 0 Å². The van der Waals surface area contributed by atoms with Gasteiger partial charge in [-0.1, -0.05) is 12.1 Å². The number of ether oxygens (including phenoxy) is 1. The predicted octanol–water partition coefficient (Wildman–Crippen LogP) is -1.69. The molecule has 0 spiro atoms. The molecule has 0 radical (unpaired) electrons. The molecule has 2 nitrogen and oxygen atoms in total. The largest absolute Gasteiger partial charge is 1.00 e. The summed E-state index contributed by atoms with van der Waals surface area (Å²) in [5.74, 6) is 1.99. The molecule has 3 aliphatic heterocycles. The Morgan fingerprint density at radius 1 is 1.17 bits per heavy atom. The number of hydrogen-bond donors (Lipinski definition) is 1.